The van der Waals surface area contributed by atoms with Crippen LogP contribution in [0.1, 0.15) is 0 Å². The van der Waals surface area contributed by atoms with Gasteiger partial charge in [-0.3, -0.25) is 4.79 Å². The van der Waals surface area contributed by atoms with E-state index in [0.29, 0.717) is 5.69 Å². The van der Waals surface area contributed by atoms with E-state index in [2.05, 4.69) is 10.6 Å². The lowest BCUT2D eigenvalue weighted by Crippen LogP contribution is -2.25. The van der Waals surface area contributed by atoms with E-state index in [1.54, 1.807) is 7.05 Å². The maximum absolute atomic E-state index is 12.6. The van der Waals surface area contributed by atoms with Crippen LogP contribution in [0.2, 0.25) is 5.02 Å². The monoisotopic (exact) mass is 216 g/mol. The summed E-state index contributed by atoms with van der Waals surface area (Å²) in [7, 11) is 1.66. The first-order valence-corrected chi connectivity index (χ1v) is 4.41. The fourth-order valence-corrected chi connectivity index (χ4v) is 1.16. The van der Waals surface area contributed by atoms with Crippen LogP contribution in [-0.4, -0.2) is 19.5 Å². The Morgan fingerprint density at radius 3 is 2.86 bits per heavy atom. The molecule has 0 aliphatic carbocycles. The molecule has 0 unspecified atom stereocenters. The number of amides is 1. The van der Waals surface area contributed by atoms with Crippen molar-refractivity contribution in [3.8, 4) is 0 Å². The molecule has 0 fully saturated rings. The van der Waals surface area contributed by atoms with E-state index in [1.165, 1.54) is 12.1 Å². The summed E-state index contributed by atoms with van der Waals surface area (Å²) in [5, 5.41) is 5.42. The van der Waals surface area contributed by atoms with E-state index in [9.17, 15) is 9.18 Å². The standard InChI is InChI=1S/C9H10ClFN2O/c1-12-5-9(14)13-8-3-2-6(11)4-7(8)10/h2-4,12H,5H2,1H3,(H,13,14). The van der Waals surface area contributed by atoms with Crippen LogP contribution in [0.15, 0.2) is 18.2 Å². The van der Waals surface area contributed by atoms with Gasteiger partial charge in [-0.2, -0.15) is 0 Å². The number of benzene rings is 1. The molecule has 0 aliphatic rings. The Morgan fingerprint density at radius 2 is 2.29 bits per heavy atom. The van der Waals surface area contributed by atoms with Gasteiger partial charge in [-0.15, -0.1) is 0 Å². The largest absolute Gasteiger partial charge is 0.324 e. The van der Waals surface area contributed by atoms with Crippen LogP contribution in [0.3, 0.4) is 0 Å². The summed E-state index contributed by atoms with van der Waals surface area (Å²) in [6.07, 6.45) is 0. The summed E-state index contributed by atoms with van der Waals surface area (Å²) in [6, 6.07) is 3.81. The predicted octanol–water partition coefficient (Wildman–Crippen LogP) is 1.64. The second-order valence-corrected chi connectivity index (χ2v) is 3.11. The van der Waals surface area contributed by atoms with Gasteiger partial charge in [0.2, 0.25) is 5.91 Å². The molecule has 1 rings (SSSR count). The molecule has 0 aromatic heterocycles. The molecule has 5 heteroatoms. The lowest BCUT2D eigenvalue weighted by molar-refractivity contribution is -0.115. The van der Waals surface area contributed by atoms with Crippen LogP contribution in [0.25, 0.3) is 0 Å². The van der Waals surface area contributed by atoms with Crippen molar-refractivity contribution >= 4 is 23.2 Å². The molecule has 14 heavy (non-hydrogen) atoms. The van der Waals surface area contributed by atoms with E-state index in [-0.39, 0.29) is 17.5 Å². The van der Waals surface area contributed by atoms with Gasteiger partial charge in [-0.1, -0.05) is 11.6 Å². The maximum Gasteiger partial charge on any atom is 0.238 e. The molecule has 76 valence electrons. The molecule has 0 spiro atoms. The van der Waals surface area contributed by atoms with Gasteiger partial charge >= 0.3 is 0 Å². The number of rotatable bonds is 3. The zero-order valence-electron chi connectivity index (χ0n) is 7.60. The normalized spacial score (nSPS) is 9.93. The van der Waals surface area contributed by atoms with E-state index >= 15 is 0 Å². The van der Waals surface area contributed by atoms with Gasteiger partial charge in [-0.25, -0.2) is 4.39 Å². The highest BCUT2D eigenvalue weighted by Crippen LogP contribution is 2.21. The summed E-state index contributed by atoms with van der Waals surface area (Å²) >= 11 is 5.70. The Labute approximate surface area is 86.3 Å². The van der Waals surface area contributed by atoms with Gasteiger partial charge in [0.1, 0.15) is 5.82 Å². The number of likely N-dealkylation sites (N-methyl/N-ethyl adjacent to an activating group) is 1. The van der Waals surface area contributed by atoms with Crippen LogP contribution in [0.4, 0.5) is 10.1 Å². The minimum Gasteiger partial charge on any atom is -0.324 e. The summed E-state index contributed by atoms with van der Waals surface area (Å²) in [4.78, 5) is 11.1. The quantitative estimate of drug-likeness (QED) is 0.807. The van der Waals surface area contributed by atoms with Crippen molar-refractivity contribution in [2.45, 2.75) is 0 Å². The smallest absolute Gasteiger partial charge is 0.238 e. The second kappa shape index (κ2) is 4.93. The molecule has 1 aromatic rings. The molecular formula is C9H10ClFN2O. The number of carbonyl (C=O) groups excluding carboxylic acids is 1. The predicted molar refractivity (Wildman–Crippen MR) is 54.0 cm³/mol. The number of carbonyl (C=O) groups is 1. The molecule has 0 bridgehead atoms. The molecule has 0 saturated carbocycles. The summed E-state index contributed by atoms with van der Waals surface area (Å²) in [6.45, 7) is 0.188. The first-order chi connectivity index (χ1) is 6.63. The third-order valence-corrected chi connectivity index (χ3v) is 1.86. The molecule has 0 radical (unpaired) electrons. The Morgan fingerprint density at radius 1 is 1.57 bits per heavy atom. The third-order valence-electron chi connectivity index (χ3n) is 1.54. The van der Waals surface area contributed by atoms with Crippen LogP contribution in [0, 0.1) is 5.82 Å². The van der Waals surface area contributed by atoms with Gasteiger partial charge in [0.25, 0.3) is 0 Å². The fourth-order valence-electron chi connectivity index (χ4n) is 0.946. The minimum absolute atomic E-state index is 0.188. The molecule has 3 nitrogen and oxygen atoms in total. The average Bonchev–Trinajstić information content (AvgIpc) is 2.10. The number of nitrogens with one attached hydrogen (secondary N) is 2. The van der Waals surface area contributed by atoms with E-state index in [1.807, 2.05) is 0 Å². The van der Waals surface area contributed by atoms with Gasteiger partial charge in [0.05, 0.1) is 17.3 Å². The SMILES string of the molecule is CNCC(=O)Nc1ccc(F)cc1Cl. The van der Waals surface area contributed by atoms with Gasteiger partial charge in [0, 0.05) is 0 Å². The second-order valence-electron chi connectivity index (χ2n) is 2.70. The Hall–Kier alpha value is -1.13. The van der Waals surface area contributed by atoms with Crippen LogP contribution < -0.4 is 10.6 Å². The minimum atomic E-state index is -0.429. The van der Waals surface area contributed by atoms with Crippen molar-refractivity contribution in [1.29, 1.82) is 0 Å². The van der Waals surface area contributed by atoms with Crippen molar-refractivity contribution in [2.24, 2.45) is 0 Å². The Balaban J connectivity index is 2.72. The number of hydrogen-bond donors (Lipinski definition) is 2. The highest BCUT2D eigenvalue weighted by atomic mass is 35.5. The van der Waals surface area contributed by atoms with E-state index in [4.69, 9.17) is 11.6 Å². The topological polar surface area (TPSA) is 41.1 Å². The summed E-state index contributed by atoms with van der Waals surface area (Å²) in [5.41, 5.74) is 0.410. The zero-order chi connectivity index (χ0) is 10.6. The van der Waals surface area contributed by atoms with Crippen molar-refractivity contribution in [3.63, 3.8) is 0 Å². The summed E-state index contributed by atoms with van der Waals surface area (Å²) in [5.74, 6) is -0.650. The van der Waals surface area contributed by atoms with E-state index in [0.717, 1.165) is 6.07 Å². The number of anilines is 1. The highest BCUT2D eigenvalue weighted by Gasteiger charge is 2.05. The Bertz CT molecular complexity index is 344. The molecule has 0 aliphatic heterocycles. The average molecular weight is 217 g/mol. The van der Waals surface area contributed by atoms with Crippen LogP contribution in [0.5, 0.6) is 0 Å². The van der Waals surface area contributed by atoms with Crippen molar-refractivity contribution in [1.82, 2.24) is 5.32 Å². The molecule has 1 amide bonds. The highest BCUT2D eigenvalue weighted by molar-refractivity contribution is 6.33. The molecular weight excluding hydrogens is 207 g/mol. The van der Waals surface area contributed by atoms with Crippen LogP contribution >= 0.6 is 11.6 Å². The Kier molecular flexibility index (Phi) is 3.85. The van der Waals surface area contributed by atoms with Gasteiger partial charge < -0.3 is 10.6 Å². The zero-order valence-corrected chi connectivity index (χ0v) is 8.36. The van der Waals surface area contributed by atoms with E-state index < -0.39 is 5.82 Å². The molecule has 2 N–H and O–H groups in total. The first kappa shape index (κ1) is 10.9. The van der Waals surface area contributed by atoms with Crippen LogP contribution in [-0.2, 0) is 4.79 Å². The summed E-state index contributed by atoms with van der Waals surface area (Å²) < 4.78 is 12.6. The van der Waals surface area contributed by atoms with Crippen molar-refractivity contribution < 1.29 is 9.18 Å². The number of halogens is 2. The van der Waals surface area contributed by atoms with Gasteiger partial charge in [0.15, 0.2) is 0 Å². The van der Waals surface area contributed by atoms with Crippen molar-refractivity contribution in [3.05, 3.63) is 29.0 Å². The third kappa shape index (κ3) is 2.97. The lowest BCUT2D eigenvalue weighted by atomic mass is 10.3. The number of hydrogen-bond acceptors (Lipinski definition) is 2. The lowest BCUT2D eigenvalue weighted by Gasteiger charge is -2.06. The van der Waals surface area contributed by atoms with Gasteiger partial charge in [-0.05, 0) is 25.2 Å². The molecule has 0 saturated heterocycles. The molecule has 0 atom stereocenters. The first-order valence-electron chi connectivity index (χ1n) is 4.03. The molecule has 1 aromatic carbocycles. The molecule has 0 heterocycles. The van der Waals surface area contributed by atoms with Crippen molar-refractivity contribution in [2.75, 3.05) is 18.9 Å². The maximum atomic E-state index is 12.6. The fraction of sp³-hybridized carbons (Fsp3) is 0.222.